The molecule has 0 aromatic heterocycles. The van der Waals surface area contributed by atoms with Crippen LogP contribution < -0.4 is 10.1 Å². The Balaban J connectivity index is 2.55. The highest BCUT2D eigenvalue weighted by molar-refractivity contribution is 5.50. The molecule has 1 aromatic carbocycles. The van der Waals surface area contributed by atoms with E-state index in [4.69, 9.17) is 4.74 Å². The highest BCUT2D eigenvalue weighted by Gasteiger charge is 2.34. The largest absolute Gasteiger partial charge is 0.507 e. The first kappa shape index (κ1) is 13.1. The summed E-state index contributed by atoms with van der Waals surface area (Å²) in [7, 11) is 1.43. The summed E-state index contributed by atoms with van der Waals surface area (Å²) in [6, 6.07) is 2.81. The lowest BCUT2D eigenvalue weighted by Crippen LogP contribution is -2.33. The number of ether oxygens (including phenoxy) is 1. The van der Waals surface area contributed by atoms with Crippen molar-refractivity contribution in [3.05, 3.63) is 23.3 Å². The third-order valence-electron chi connectivity index (χ3n) is 3.55. The van der Waals surface area contributed by atoms with Gasteiger partial charge in [-0.1, -0.05) is 0 Å². The molecule has 1 heterocycles. The van der Waals surface area contributed by atoms with Crippen LogP contribution in [0, 0.1) is 0 Å². The summed E-state index contributed by atoms with van der Waals surface area (Å²) in [6.45, 7) is 2.72. The number of methoxy groups -OCH3 is 1. The van der Waals surface area contributed by atoms with Gasteiger partial charge in [-0.05, 0) is 38.4 Å². The number of nitrogens with one attached hydrogen (secondary N) is 1. The molecule has 1 saturated heterocycles. The highest BCUT2D eigenvalue weighted by atomic mass is 19.3. The van der Waals surface area contributed by atoms with E-state index in [1.807, 2.05) is 6.92 Å². The molecular weight excluding hydrogens is 240 g/mol. The van der Waals surface area contributed by atoms with Crippen LogP contribution in [0.25, 0.3) is 0 Å². The molecule has 1 atom stereocenters. The monoisotopic (exact) mass is 257 g/mol. The van der Waals surface area contributed by atoms with E-state index < -0.39 is 12.0 Å². The lowest BCUT2D eigenvalue weighted by molar-refractivity contribution is 0.146. The number of hydrogen-bond donors (Lipinski definition) is 2. The minimum Gasteiger partial charge on any atom is -0.507 e. The molecule has 18 heavy (non-hydrogen) atoms. The van der Waals surface area contributed by atoms with E-state index in [9.17, 15) is 13.9 Å². The number of phenolic OH excluding ortho intramolecular Hbond substituents is 1. The number of hydrogen-bond acceptors (Lipinski definition) is 3. The average molecular weight is 257 g/mol. The molecule has 100 valence electrons. The number of phenols is 1. The molecule has 0 radical (unpaired) electrons. The zero-order valence-electron chi connectivity index (χ0n) is 10.5. The maximum atomic E-state index is 12.9. The average Bonchev–Trinajstić information content (AvgIpc) is 2.77. The fourth-order valence-corrected chi connectivity index (χ4v) is 2.46. The molecule has 0 bridgehead atoms. The van der Waals surface area contributed by atoms with Gasteiger partial charge in [0, 0.05) is 11.1 Å². The number of alkyl halides is 2. The van der Waals surface area contributed by atoms with Crippen LogP contribution >= 0.6 is 0 Å². The summed E-state index contributed by atoms with van der Waals surface area (Å²) >= 11 is 0. The van der Waals surface area contributed by atoms with Gasteiger partial charge in [0.1, 0.15) is 11.5 Å². The summed E-state index contributed by atoms with van der Waals surface area (Å²) in [6.07, 6.45) is -0.961. The topological polar surface area (TPSA) is 41.5 Å². The number of rotatable bonds is 3. The summed E-state index contributed by atoms with van der Waals surface area (Å²) in [4.78, 5) is 0. The van der Waals surface area contributed by atoms with Crippen LogP contribution in [0.2, 0.25) is 0 Å². The molecular formula is C13H17F2NO2. The Kier molecular flexibility index (Phi) is 3.43. The van der Waals surface area contributed by atoms with Crippen molar-refractivity contribution in [3.63, 3.8) is 0 Å². The molecule has 0 saturated carbocycles. The van der Waals surface area contributed by atoms with Crippen molar-refractivity contribution in [2.45, 2.75) is 31.7 Å². The summed E-state index contributed by atoms with van der Waals surface area (Å²) < 4.78 is 30.8. The summed E-state index contributed by atoms with van der Waals surface area (Å²) in [5.74, 6) is 0.00993. The van der Waals surface area contributed by atoms with Crippen molar-refractivity contribution < 1.29 is 18.6 Å². The van der Waals surface area contributed by atoms with Crippen molar-refractivity contribution in [1.82, 2.24) is 5.32 Å². The smallest absolute Gasteiger partial charge is 0.267 e. The van der Waals surface area contributed by atoms with Crippen molar-refractivity contribution in [3.8, 4) is 11.5 Å². The Hall–Kier alpha value is -1.36. The lowest BCUT2D eigenvalue weighted by Gasteiger charge is -2.27. The third kappa shape index (κ3) is 2.14. The Morgan fingerprint density at radius 3 is 2.67 bits per heavy atom. The molecule has 2 N–H and O–H groups in total. The van der Waals surface area contributed by atoms with Gasteiger partial charge in [0.25, 0.3) is 6.43 Å². The molecule has 1 aliphatic rings. The van der Waals surface area contributed by atoms with Crippen LogP contribution in [0.15, 0.2) is 12.1 Å². The van der Waals surface area contributed by atoms with Crippen molar-refractivity contribution >= 4 is 0 Å². The maximum absolute atomic E-state index is 12.9. The Bertz CT molecular complexity index is 443. The van der Waals surface area contributed by atoms with Gasteiger partial charge >= 0.3 is 0 Å². The molecule has 0 spiro atoms. The second-order valence-corrected chi connectivity index (χ2v) is 4.78. The normalized spacial score (nSPS) is 23.6. The molecule has 5 heteroatoms. The van der Waals surface area contributed by atoms with Gasteiger partial charge in [0.15, 0.2) is 0 Å². The van der Waals surface area contributed by atoms with Gasteiger partial charge in [0.2, 0.25) is 0 Å². The molecule has 0 aliphatic carbocycles. The van der Waals surface area contributed by atoms with E-state index in [2.05, 4.69) is 5.32 Å². The van der Waals surface area contributed by atoms with Crippen LogP contribution in [-0.4, -0.2) is 18.8 Å². The minimum atomic E-state index is -2.72. The summed E-state index contributed by atoms with van der Waals surface area (Å²) in [5, 5.41) is 13.3. The van der Waals surface area contributed by atoms with Gasteiger partial charge < -0.3 is 15.2 Å². The Morgan fingerprint density at radius 2 is 2.17 bits per heavy atom. The molecule has 1 aliphatic heterocycles. The van der Waals surface area contributed by atoms with E-state index in [-0.39, 0.29) is 11.3 Å². The van der Waals surface area contributed by atoms with Gasteiger partial charge in [-0.2, -0.15) is 0 Å². The van der Waals surface area contributed by atoms with E-state index >= 15 is 0 Å². The molecule has 1 unspecified atom stereocenters. The second kappa shape index (κ2) is 4.72. The van der Waals surface area contributed by atoms with Crippen LogP contribution in [0.1, 0.15) is 37.3 Å². The van der Waals surface area contributed by atoms with Crippen LogP contribution in [0.3, 0.4) is 0 Å². The Morgan fingerprint density at radius 1 is 1.44 bits per heavy atom. The van der Waals surface area contributed by atoms with Crippen molar-refractivity contribution in [2.75, 3.05) is 13.7 Å². The van der Waals surface area contributed by atoms with E-state index in [0.29, 0.717) is 11.3 Å². The standard InChI is InChI=1S/C13H17F2NO2/c1-13(4-3-5-16-13)10-7-8(18-2)6-9(11(10)17)12(14)15/h6-7,12,16-17H,3-5H2,1-2H3. The fourth-order valence-electron chi connectivity index (χ4n) is 2.46. The van der Waals surface area contributed by atoms with E-state index in [0.717, 1.165) is 19.4 Å². The summed E-state index contributed by atoms with van der Waals surface area (Å²) in [5.41, 5.74) is -0.364. The van der Waals surface area contributed by atoms with Crippen molar-refractivity contribution in [2.24, 2.45) is 0 Å². The maximum Gasteiger partial charge on any atom is 0.267 e. The quantitative estimate of drug-likeness (QED) is 0.874. The molecule has 1 aromatic rings. The first-order valence-corrected chi connectivity index (χ1v) is 5.92. The number of benzene rings is 1. The fraction of sp³-hybridized carbons (Fsp3) is 0.538. The van der Waals surface area contributed by atoms with Gasteiger partial charge in [-0.25, -0.2) is 8.78 Å². The van der Waals surface area contributed by atoms with E-state index in [1.165, 1.54) is 13.2 Å². The first-order chi connectivity index (χ1) is 8.48. The molecule has 0 amide bonds. The Labute approximate surface area is 105 Å². The van der Waals surface area contributed by atoms with Gasteiger partial charge in [-0.3, -0.25) is 0 Å². The predicted molar refractivity (Wildman–Crippen MR) is 64.2 cm³/mol. The molecule has 1 fully saturated rings. The zero-order chi connectivity index (χ0) is 13.3. The van der Waals surface area contributed by atoms with Crippen LogP contribution in [0.4, 0.5) is 8.78 Å². The van der Waals surface area contributed by atoms with Crippen LogP contribution in [-0.2, 0) is 5.54 Å². The molecule has 2 rings (SSSR count). The number of halogens is 2. The predicted octanol–water partition coefficient (Wildman–Crippen LogP) is 2.94. The third-order valence-corrected chi connectivity index (χ3v) is 3.55. The lowest BCUT2D eigenvalue weighted by atomic mass is 9.88. The highest BCUT2D eigenvalue weighted by Crippen LogP contribution is 2.42. The minimum absolute atomic E-state index is 0.331. The SMILES string of the molecule is COc1cc(C(F)F)c(O)c(C2(C)CCCN2)c1. The number of aromatic hydroxyl groups is 1. The van der Waals surface area contributed by atoms with Gasteiger partial charge in [-0.15, -0.1) is 0 Å². The second-order valence-electron chi connectivity index (χ2n) is 4.78. The zero-order valence-corrected chi connectivity index (χ0v) is 10.5. The molecule has 3 nitrogen and oxygen atoms in total. The van der Waals surface area contributed by atoms with E-state index in [1.54, 1.807) is 6.07 Å². The van der Waals surface area contributed by atoms with Gasteiger partial charge in [0.05, 0.1) is 12.7 Å². The van der Waals surface area contributed by atoms with Crippen molar-refractivity contribution in [1.29, 1.82) is 0 Å². The first-order valence-electron chi connectivity index (χ1n) is 5.92. The van der Waals surface area contributed by atoms with Crippen LogP contribution in [0.5, 0.6) is 11.5 Å².